The normalized spacial score (nSPS) is 19.1. The third-order valence-electron chi connectivity index (χ3n) is 8.74. The van der Waals surface area contributed by atoms with Gasteiger partial charge in [0, 0.05) is 37.0 Å². The zero-order valence-electron chi connectivity index (χ0n) is 24.4. The number of hydrogen-bond acceptors (Lipinski definition) is 8. The van der Waals surface area contributed by atoms with E-state index in [4.69, 9.17) is 31.4 Å². The molecule has 4 atom stereocenters. The van der Waals surface area contributed by atoms with Gasteiger partial charge in [0.15, 0.2) is 0 Å². The Balaban J connectivity index is 1.47. The third kappa shape index (κ3) is 5.47. The van der Waals surface area contributed by atoms with Gasteiger partial charge >= 0.3 is 0 Å². The number of nitrogens with two attached hydrogens (primary N) is 2. The maximum atomic E-state index is 7.10. The van der Waals surface area contributed by atoms with Crippen molar-refractivity contribution in [2.24, 2.45) is 23.3 Å². The van der Waals surface area contributed by atoms with Crippen LogP contribution in [0.2, 0.25) is 0 Å². The van der Waals surface area contributed by atoms with Crippen molar-refractivity contribution < 1.29 is 0 Å². The van der Waals surface area contributed by atoms with E-state index in [1.54, 1.807) is 0 Å². The van der Waals surface area contributed by atoms with Gasteiger partial charge in [0.2, 0.25) is 11.9 Å². The van der Waals surface area contributed by atoms with Crippen LogP contribution >= 0.6 is 0 Å². The molecule has 0 bridgehead atoms. The smallest absolute Gasteiger partial charge is 0.226 e. The fraction of sp³-hybridized carbons (Fsp3) is 0.500. The highest BCUT2D eigenvalue weighted by molar-refractivity contribution is 5.83. The van der Waals surface area contributed by atoms with Gasteiger partial charge in [-0.1, -0.05) is 42.8 Å². The van der Waals surface area contributed by atoms with Crippen molar-refractivity contribution in [2.45, 2.75) is 65.5 Å². The predicted molar refractivity (Wildman–Crippen MR) is 166 cm³/mol. The summed E-state index contributed by atoms with van der Waals surface area (Å²) in [5, 5.41) is 2.09. The Hall–Kier alpha value is -3.36. The number of hydrogen-bond donors (Lipinski definition) is 2. The highest BCUT2D eigenvalue weighted by Gasteiger charge is 2.34. The number of nitrogens with zero attached hydrogens (tertiary/aromatic N) is 6. The first-order valence-electron chi connectivity index (χ1n) is 15.0. The fourth-order valence-corrected chi connectivity index (χ4v) is 6.35. The SMILES string of the molecule is CCN(CC)c1nc(C(N)C2CCCC(C(N)c3nc(N(CC)CC)nc4ccccc34)C2)c2ccccc2n1. The predicted octanol–water partition coefficient (Wildman–Crippen LogP) is 5.77. The van der Waals surface area contributed by atoms with Crippen molar-refractivity contribution in [3.05, 3.63) is 59.9 Å². The average Bonchev–Trinajstić information content (AvgIpc) is 3.01. The number of anilines is 2. The van der Waals surface area contributed by atoms with Gasteiger partial charge < -0.3 is 21.3 Å². The number of aromatic nitrogens is 4. The molecule has 1 aliphatic carbocycles. The minimum absolute atomic E-state index is 0.189. The van der Waals surface area contributed by atoms with Crippen molar-refractivity contribution in [1.29, 1.82) is 0 Å². The molecule has 2 aromatic carbocycles. The summed E-state index contributed by atoms with van der Waals surface area (Å²) in [6.07, 6.45) is 4.17. The summed E-state index contributed by atoms with van der Waals surface area (Å²) >= 11 is 0. The van der Waals surface area contributed by atoms with E-state index in [2.05, 4.69) is 61.8 Å². The summed E-state index contributed by atoms with van der Waals surface area (Å²) in [6, 6.07) is 16.1. The molecule has 0 saturated heterocycles. The second-order valence-corrected chi connectivity index (χ2v) is 10.9. The molecular formula is C32H44N8. The van der Waals surface area contributed by atoms with Crippen LogP contribution in [0.25, 0.3) is 21.8 Å². The monoisotopic (exact) mass is 540 g/mol. The molecule has 1 saturated carbocycles. The molecule has 0 spiro atoms. The van der Waals surface area contributed by atoms with E-state index in [1.807, 2.05) is 24.3 Å². The summed E-state index contributed by atoms with van der Waals surface area (Å²) < 4.78 is 0. The zero-order valence-corrected chi connectivity index (χ0v) is 24.4. The molecule has 212 valence electrons. The van der Waals surface area contributed by atoms with Crippen LogP contribution in [0.4, 0.5) is 11.9 Å². The lowest BCUT2D eigenvalue weighted by atomic mass is 9.73. The van der Waals surface area contributed by atoms with Crippen LogP contribution in [0.1, 0.15) is 76.8 Å². The molecule has 8 nitrogen and oxygen atoms in total. The minimum atomic E-state index is -0.189. The van der Waals surface area contributed by atoms with Crippen LogP contribution in [0.3, 0.4) is 0 Å². The Labute approximate surface area is 238 Å². The molecule has 4 unspecified atom stereocenters. The molecule has 2 heterocycles. The van der Waals surface area contributed by atoms with Gasteiger partial charge in [-0.25, -0.2) is 19.9 Å². The van der Waals surface area contributed by atoms with Crippen molar-refractivity contribution in [3.8, 4) is 0 Å². The van der Waals surface area contributed by atoms with Gasteiger partial charge in [-0.05, 0) is 70.9 Å². The molecule has 1 aliphatic rings. The fourth-order valence-electron chi connectivity index (χ4n) is 6.35. The third-order valence-corrected chi connectivity index (χ3v) is 8.74. The summed E-state index contributed by atoms with van der Waals surface area (Å²) in [6.45, 7) is 12.0. The Morgan fingerprint density at radius 3 is 1.45 bits per heavy atom. The van der Waals surface area contributed by atoms with Crippen molar-refractivity contribution in [1.82, 2.24) is 19.9 Å². The second-order valence-electron chi connectivity index (χ2n) is 10.9. The number of fused-ring (bicyclic) bond motifs is 2. The van der Waals surface area contributed by atoms with Gasteiger partial charge in [-0.15, -0.1) is 0 Å². The van der Waals surface area contributed by atoms with Crippen LogP contribution in [0, 0.1) is 11.8 Å². The lowest BCUT2D eigenvalue weighted by Gasteiger charge is -2.36. The van der Waals surface area contributed by atoms with E-state index in [0.29, 0.717) is 0 Å². The number of rotatable bonds is 10. The standard InChI is InChI=1S/C32H44N8/c1-5-39(6-2)31-35-25-18-11-9-16-23(25)29(37-31)27(33)21-14-13-15-22(20-21)28(34)30-24-17-10-12-19-26(24)36-32(38-30)40(7-3)8-4/h9-12,16-19,21-22,27-28H,5-8,13-15,20,33-34H2,1-4H3. The lowest BCUT2D eigenvalue weighted by Crippen LogP contribution is -2.34. The highest BCUT2D eigenvalue weighted by Crippen LogP contribution is 2.42. The lowest BCUT2D eigenvalue weighted by molar-refractivity contribution is 0.207. The highest BCUT2D eigenvalue weighted by atomic mass is 15.3. The van der Waals surface area contributed by atoms with Crippen LogP contribution in [0.5, 0.6) is 0 Å². The summed E-state index contributed by atoms with van der Waals surface area (Å²) in [5.74, 6) is 2.08. The van der Waals surface area contributed by atoms with Crippen LogP contribution in [-0.4, -0.2) is 46.1 Å². The van der Waals surface area contributed by atoms with E-state index in [-0.39, 0.29) is 23.9 Å². The first-order valence-corrected chi connectivity index (χ1v) is 15.0. The van der Waals surface area contributed by atoms with Gasteiger partial charge in [0.1, 0.15) is 0 Å². The van der Waals surface area contributed by atoms with Gasteiger partial charge in [0.05, 0.1) is 34.5 Å². The van der Waals surface area contributed by atoms with Gasteiger partial charge in [-0.2, -0.15) is 0 Å². The van der Waals surface area contributed by atoms with E-state index in [0.717, 1.165) is 97.0 Å². The molecule has 5 rings (SSSR count). The van der Waals surface area contributed by atoms with Crippen molar-refractivity contribution in [3.63, 3.8) is 0 Å². The Morgan fingerprint density at radius 2 is 1.05 bits per heavy atom. The second kappa shape index (κ2) is 12.4. The van der Waals surface area contributed by atoms with Crippen molar-refractivity contribution >= 4 is 33.7 Å². The largest absolute Gasteiger partial charge is 0.341 e. The van der Waals surface area contributed by atoms with Gasteiger partial charge in [-0.3, -0.25) is 0 Å². The minimum Gasteiger partial charge on any atom is -0.341 e. The van der Waals surface area contributed by atoms with Crippen molar-refractivity contribution in [2.75, 3.05) is 36.0 Å². The molecule has 4 N–H and O–H groups in total. The van der Waals surface area contributed by atoms with E-state index >= 15 is 0 Å². The summed E-state index contributed by atoms with van der Waals surface area (Å²) in [7, 11) is 0. The van der Waals surface area contributed by atoms with E-state index in [1.165, 1.54) is 0 Å². The molecule has 40 heavy (non-hydrogen) atoms. The van der Waals surface area contributed by atoms with Crippen LogP contribution < -0.4 is 21.3 Å². The summed E-state index contributed by atoms with van der Waals surface area (Å²) in [5.41, 5.74) is 18.0. The van der Waals surface area contributed by atoms with Crippen LogP contribution in [-0.2, 0) is 0 Å². The molecule has 0 amide bonds. The topological polar surface area (TPSA) is 110 Å². The Kier molecular flexibility index (Phi) is 8.76. The molecule has 8 heteroatoms. The molecule has 4 aromatic rings. The van der Waals surface area contributed by atoms with Gasteiger partial charge in [0.25, 0.3) is 0 Å². The molecule has 1 fully saturated rings. The number of benzene rings is 2. The molecular weight excluding hydrogens is 496 g/mol. The molecule has 0 radical (unpaired) electrons. The number of para-hydroxylation sites is 2. The quantitative estimate of drug-likeness (QED) is 0.261. The molecule has 2 aromatic heterocycles. The first kappa shape index (κ1) is 28.2. The van der Waals surface area contributed by atoms with E-state index < -0.39 is 0 Å². The Morgan fingerprint density at radius 1 is 0.650 bits per heavy atom. The zero-order chi connectivity index (χ0) is 28.2. The average molecular weight is 541 g/mol. The van der Waals surface area contributed by atoms with Crippen LogP contribution in [0.15, 0.2) is 48.5 Å². The van der Waals surface area contributed by atoms with E-state index in [9.17, 15) is 0 Å². The maximum absolute atomic E-state index is 7.10. The summed E-state index contributed by atoms with van der Waals surface area (Å²) in [4.78, 5) is 24.3. The first-order chi connectivity index (χ1) is 19.5. The molecule has 0 aliphatic heterocycles. The maximum Gasteiger partial charge on any atom is 0.226 e. The Bertz CT molecular complexity index is 1320.